The van der Waals surface area contributed by atoms with E-state index in [0.29, 0.717) is 31.6 Å². The summed E-state index contributed by atoms with van der Waals surface area (Å²) in [6.45, 7) is 7.73. The summed E-state index contributed by atoms with van der Waals surface area (Å²) in [7, 11) is 0. The molecule has 19 heavy (non-hydrogen) atoms. The van der Waals surface area contributed by atoms with Crippen LogP contribution in [-0.4, -0.2) is 36.3 Å². The van der Waals surface area contributed by atoms with Crippen LogP contribution in [0.25, 0.3) is 0 Å². The van der Waals surface area contributed by atoms with Gasteiger partial charge >= 0.3 is 6.03 Å². The van der Waals surface area contributed by atoms with Crippen LogP contribution in [0.5, 0.6) is 0 Å². The Balaban J connectivity index is 2.38. The number of benzene rings is 1. The number of rotatable bonds is 2. The van der Waals surface area contributed by atoms with E-state index in [0.717, 1.165) is 11.3 Å². The molecular weight excluding hydrogens is 240 g/mol. The first kappa shape index (κ1) is 13.6. The molecule has 1 aliphatic heterocycles. The van der Waals surface area contributed by atoms with Crippen molar-refractivity contribution in [3.05, 3.63) is 29.3 Å². The molecule has 4 heteroatoms. The standard InChI is InChI=1S/C15H20N2O2/c1-4-16(5-2)15(19)17-9-8-14(18)12-10-11(3)6-7-13(12)17/h6-7,10H,4-5,8-9H2,1-3H3. The fourth-order valence-electron chi connectivity index (χ4n) is 2.44. The van der Waals surface area contributed by atoms with Crippen molar-refractivity contribution >= 4 is 17.5 Å². The molecule has 102 valence electrons. The van der Waals surface area contributed by atoms with Crippen LogP contribution in [0.1, 0.15) is 36.2 Å². The Bertz CT molecular complexity index is 507. The SMILES string of the molecule is CCN(CC)C(=O)N1CCC(=O)c2cc(C)ccc21. The Hall–Kier alpha value is -1.84. The molecule has 4 nitrogen and oxygen atoms in total. The van der Waals surface area contributed by atoms with E-state index >= 15 is 0 Å². The summed E-state index contributed by atoms with van der Waals surface area (Å²) in [6.07, 6.45) is 0.406. The molecule has 2 rings (SSSR count). The van der Waals surface area contributed by atoms with Gasteiger partial charge in [-0.2, -0.15) is 0 Å². The fraction of sp³-hybridized carbons (Fsp3) is 0.467. The largest absolute Gasteiger partial charge is 0.325 e. The monoisotopic (exact) mass is 260 g/mol. The molecule has 0 saturated carbocycles. The van der Waals surface area contributed by atoms with Crippen molar-refractivity contribution in [2.24, 2.45) is 0 Å². The average Bonchev–Trinajstić information content (AvgIpc) is 2.41. The molecule has 0 N–H and O–H groups in total. The van der Waals surface area contributed by atoms with Crippen LogP contribution in [0.15, 0.2) is 18.2 Å². The zero-order chi connectivity index (χ0) is 14.0. The topological polar surface area (TPSA) is 40.6 Å². The summed E-state index contributed by atoms with van der Waals surface area (Å²) in [4.78, 5) is 27.9. The van der Waals surface area contributed by atoms with Gasteiger partial charge in [0.15, 0.2) is 5.78 Å². The van der Waals surface area contributed by atoms with Crippen molar-refractivity contribution in [1.82, 2.24) is 4.90 Å². The highest BCUT2D eigenvalue weighted by Crippen LogP contribution is 2.28. The third-order valence-corrected chi connectivity index (χ3v) is 3.57. The van der Waals surface area contributed by atoms with Gasteiger partial charge in [-0.15, -0.1) is 0 Å². The minimum absolute atomic E-state index is 0.0115. The van der Waals surface area contributed by atoms with E-state index in [4.69, 9.17) is 0 Å². The van der Waals surface area contributed by atoms with E-state index in [-0.39, 0.29) is 11.8 Å². The Labute approximate surface area is 114 Å². The summed E-state index contributed by atoms with van der Waals surface area (Å²) in [5.74, 6) is 0.127. The maximum Gasteiger partial charge on any atom is 0.324 e. The van der Waals surface area contributed by atoms with E-state index in [9.17, 15) is 9.59 Å². The van der Waals surface area contributed by atoms with E-state index in [2.05, 4.69) is 0 Å². The normalized spacial score (nSPS) is 14.3. The lowest BCUT2D eigenvalue weighted by Crippen LogP contribution is -2.46. The van der Waals surface area contributed by atoms with Gasteiger partial charge in [0, 0.05) is 31.6 Å². The highest BCUT2D eigenvalue weighted by Gasteiger charge is 2.29. The van der Waals surface area contributed by atoms with Crippen molar-refractivity contribution in [3.63, 3.8) is 0 Å². The first-order valence-corrected chi connectivity index (χ1v) is 6.78. The first-order valence-electron chi connectivity index (χ1n) is 6.78. The zero-order valence-electron chi connectivity index (χ0n) is 11.8. The number of hydrogen-bond donors (Lipinski definition) is 0. The summed E-state index contributed by atoms with van der Waals surface area (Å²) >= 11 is 0. The Morgan fingerprint density at radius 2 is 2.00 bits per heavy atom. The quantitative estimate of drug-likeness (QED) is 0.820. The van der Waals surface area contributed by atoms with Crippen LogP contribution in [0, 0.1) is 6.92 Å². The number of amides is 2. The molecule has 1 aromatic carbocycles. The Kier molecular flexibility index (Phi) is 3.88. The molecule has 1 aliphatic rings. The van der Waals surface area contributed by atoms with Gasteiger partial charge in [-0.05, 0) is 32.9 Å². The molecule has 0 spiro atoms. The summed E-state index contributed by atoms with van der Waals surface area (Å²) in [5, 5.41) is 0. The van der Waals surface area contributed by atoms with Gasteiger partial charge in [0.2, 0.25) is 0 Å². The summed E-state index contributed by atoms with van der Waals surface area (Å²) in [5.41, 5.74) is 2.47. The lowest BCUT2D eigenvalue weighted by atomic mass is 9.98. The number of carbonyl (C=O) groups is 2. The predicted octanol–water partition coefficient (Wildman–Crippen LogP) is 2.85. The van der Waals surface area contributed by atoms with Crippen molar-refractivity contribution < 1.29 is 9.59 Å². The molecule has 0 radical (unpaired) electrons. The third-order valence-electron chi connectivity index (χ3n) is 3.57. The van der Waals surface area contributed by atoms with Crippen LogP contribution in [0.3, 0.4) is 0 Å². The first-order chi connectivity index (χ1) is 9.08. The molecule has 0 saturated heterocycles. The van der Waals surface area contributed by atoms with Gasteiger partial charge in [-0.25, -0.2) is 4.79 Å². The maximum atomic E-state index is 12.5. The maximum absolute atomic E-state index is 12.5. The second kappa shape index (κ2) is 5.43. The molecule has 0 unspecified atom stereocenters. The number of ketones is 1. The number of aryl methyl sites for hydroxylation is 1. The molecule has 1 heterocycles. The third kappa shape index (κ3) is 2.48. The fourth-order valence-corrected chi connectivity index (χ4v) is 2.44. The van der Waals surface area contributed by atoms with Crippen LogP contribution in [-0.2, 0) is 0 Å². The number of urea groups is 1. The average molecular weight is 260 g/mol. The highest BCUT2D eigenvalue weighted by atomic mass is 16.2. The van der Waals surface area contributed by atoms with Crippen molar-refractivity contribution in [2.45, 2.75) is 27.2 Å². The smallest absolute Gasteiger partial charge is 0.324 e. The molecule has 2 amide bonds. The molecule has 1 aromatic rings. The van der Waals surface area contributed by atoms with Gasteiger partial charge in [0.1, 0.15) is 0 Å². The van der Waals surface area contributed by atoms with Crippen LogP contribution in [0.4, 0.5) is 10.5 Å². The minimum Gasteiger partial charge on any atom is -0.325 e. The van der Waals surface area contributed by atoms with Gasteiger partial charge < -0.3 is 4.90 Å². The van der Waals surface area contributed by atoms with Gasteiger partial charge in [-0.1, -0.05) is 11.6 Å². The number of anilines is 1. The molecule has 0 aromatic heterocycles. The van der Waals surface area contributed by atoms with Gasteiger partial charge in [-0.3, -0.25) is 9.69 Å². The zero-order valence-corrected chi connectivity index (χ0v) is 11.8. The summed E-state index contributed by atoms with van der Waals surface area (Å²) < 4.78 is 0. The number of nitrogens with zero attached hydrogens (tertiary/aromatic N) is 2. The number of hydrogen-bond acceptors (Lipinski definition) is 2. The number of carbonyl (C=O) groups excluding carboxylic acids is 2. The van der Waals surface area contributed by atoms with Crippen LogP contribution in [0.2, 0.25) is 0 Å². The lowest BCUT2D eigenvalue weighted by Gasteiger charge is -2.33. The van der Waals surface area contributed by atoms with E-state index < -0.39 is 0 Å². The predicted molar refractivity (Wildman–Crippen MR) is 75.8 cm³/mol. The molecular formula is C15H20N2O2. The van der Waals surface area contributed by atoms with Crippen LogP contribution >= 0.6 is 0 Å². The highest BCUT2D eigenvalue weighted by molar-refractivity contribution is 6.08. The Morgan fingerprint density at radius 1 is 1.32 bits per heavy atom. The van der Waals surface area contributed by atoms with Crippen LogP contribution < -0.4 is 4.90 Å². The van der Waals surface area contributed by atoms with Crippen molar-refractivity contribution in [3.8, 4) is 0 Å². The van der Waals surface area contributed by atoms with Crippen molar-refractivity contribution in [1.29, 1.82) is 0 Å². The molecule has 0 atom stereocenters. The van der Waals surface area contributed by atoms with E-state index in [1.165, 1.54) is 0 Å². The van der Waals surface area contributed by atoms with E-state index in [1.54, 1.807) is 9.80 Å². The second-order valence-corrected chi connectivity index (χ2v) is 4.80. The molecule has 0 fully saturated rings. The molecule has 0 aliphatic carbocycles. The number of fused-ring (bicyclic) bond motifs is 1. The summed E-state index contributed by atoms with van der Waals surface area (Å²) in [6, 6.07) is 5.69. The Morgan fingerprint density at radius 3 is 2.63 bits per heavy atom. The second-order valence-electron chi connectivity index (χ2n) is 4.80. The van der Waals surface area contributed by atoms with Gasteiger partial charge in [0.05, 0.1) is 5.69 Å². The lowest BCUT2D eigenvalue weighted by molar-refractivity contribution is 0.0980. The van der Waals surface area contributed by atoms with Crippen molar-refractivity contribution in [2.75, 3.05) is 24.5 Å². The molecule has 0 bridgehead atoms. The minimum atomic E-state index is -0.0115. The number of Topliss-reactive ketones (excluding diaryl/α,β-unsaturated/α-hetero) is 1. The van der Waals surface area contributed by atoms with Gasteiger partial charge in [0.25, 0.3) is 0 Å². The van der Waals surface area contributed by atoms with E-state index in [1.807, 2.05) is 39.0 Å².